The summed E-state index contributed by atoms with van der Waals surface area (Å²) in [6, 6.07) is 0. The lowest BCUT2D eigenvalue weighted by molar-refractivity contribution is -1.10. The maximum absolute atomic E-state index is 10.0. The standard InChI is InChI=1S/CH2N2O3S/c4-3(5)6-1-2-7-3/h1,4H. The van der Waals surface area contributed by atoms with Crippen molar-refractivity contribution in [3.8, 4) is 0 Å². The molecule has 0 bridgehead atoms. The van der Waals surface area contributed by atoms with Gasteiger partial charge in [-0.2, -0.15) is 5.21 Å². The summed E-state index contributed by atoms with van der Waals surface area (Å²) in [5.74, 6) is 0. The van der Waals surface area contributed by atoms with Gasteiger partial charge in [-0.15, -0.1) is 4.40 Å². The lowest BCUT2D eigenvalue weighted by Gasteiger charge is -2.16. The molecule has 7 heavy (non-hydrogen) atoms. The summed E-state index contributed by atoms with van der Waals surface area (Å²) in [5.41, 5.74) is 0. The van der Waals surface area contributed by atoms with Crippen molar-refractivity contribution in [2.75, 3.05) is 0 Å². The summed E-state index contributed by atoms with van der Waals surface area (Å²) < 4.78 is 1.41. The summed E-state index contributed by atoms with van der Waals surface area (Å²) in [5, 5.41) is 18.2. The van der Waals surface area contributed by atoms with Crippen molar-refractivity contribution in [1.29, 1.82) is 0 Å². The molecule has 0 aliphatic carbocycles. The Morgan fingerprint density at radius 1 is 2.00 bits per heavy atom. The fourth-order valence-electron chi connectivity index (χ4n) is 0.177. The molecule has 1 aliphatic heterocycles. The van der Waals surface area contributed by atoms with Crippen molar-refractivity contribution in [3.05, 3.63) is 5.21 Å². The highest BCUT2D eigenvalue weighted by molar-refractivity contribution is 7.92. The molecule has 0 spiro atoms. The van der Waals surface area contributed by atoms with Crippen molar-refractivity contribution >= 4 is 18.5 Å². The Kier molecular flexibility index (Phi) is 0.927. The topological polar surface area (TPSA) is 64.9 Å². The van der Waals surface area contributed by atoms with E-state index in [1.165, 1.54) is 0 Å². The van der Waals surface area contributed by atoms with Gasteiger partial charge in [0.1, 0.15) is 0 Å². The third-order valence-electron chi connectivity index (χ3n) is 0.374. The van der Waals surface area contributed by atoms with Crippen LogP contribution >= 0.6 is 12.1 Å². The molecule has 1 heterocycles. The minimum absolute atomic E-state index is 0.384. The van der Waals surface area contributed by atoms with Crippen LogP contribution in [0, 0.1) is 5.21 Å². The normalized spacial score (nSPS) is 38.6. The molecule has 1 atom stereocenters. The summed E-state index contributed by atoms with van der Waals surface area (Å²) in [7, 11) is 0. The third kappa shape index (κ3) is 1.03. The molecule has 40 valence electrons. The average Bonchev–Trinajstić information content (AvgIpc) is 1.84. The van der Waals surface area contributed by atoms with E-state index in [1.54, 1.807) is 0 Å². The van der Waals surface area contributed by atoms with Gasteiger partial charge in [0.05, 0.1) is 4.38 Å². The lowest BCUT2D eigenvalue weighted by atomic mass is 11.6. The second-order valence-corrected chi connectivity index (χ2v) is 1.70. The summed E-state index contributed by atoms with van der Waals surface area (Å²) in [4.78, 5) is 3.95. The molecule has 0 aromatic rings. The monoisotopic (exact) mass is 122 g/mol. The van der Waals surface area contributed by atoms with Crippen LogP contribution in [0.25, 0.3) is 0 Å². The predicted octanol–water partition coefficient (Wildman–Crippen LogP) is 0.227. The maximum atomic E-state index is 10.0. The zero-order valence-electron chi connectivity index (χ0n) is 3.14. The van der Waals surface area contributed by atoms with E-state index in [0.29, 0.717) is 12.1 Å². The molecule has 6 heteroatoms. The van der Waals surface area contributed by atoms with Crippen molar-refractivity contribution < 1.29 is 14.4 Å². The van der Waals surface area contributed by atoms with Gasteiger partial charge in [-0.05, 0) is 0 Å². The Balaban J connectivity index is 2.49. The Labute approximate surface area is 43.6 Å². The molecule has 1 unspecified atom stereocenters. The Hall–Kier alpha value is -0.300. The third-order valence-corrected chi connectivity index (χ3v) is 0.846. The van der Waals surface area contributed by atoms with E-state index in [2.05, 4.69) is 9.24 Å². The zero-order valence-corrected chi connectivity index (χ0v) is 3.96. The van der Waals surface area contributed by atoms with Crippen molar-refractivity contribution in [3.63, 3.8) is 0 Å². The number of quaternary nitrogens is 1. The van der Waals surface area contributed by atoms with E-state index in [0.717, 1.165) is 6.40 Å². The minimum atomic E-state index is -1.81. The first kappa shape index (κ1) is 4.85. The molecule has 0 radical (unpaired) electrons. The molecular formula is CH2N2O3S. The summed E-state index contributed by atoms with van der Waals surface area (Å²) in [6.45, 7) is 0. The van der Waals surface area contributed by atoms with E-state index in [1.807, 2.05) is 0 Å². The second kappa shape index (κ2) is 1.34. The molecule has 5 nitrogen and oxygen atoms in total. The van der Waals surface area contributed by atoms with Crippen molar-refractivity contribution in [2.24, 2.45) is 4.40 Å². The highest BCUT2D eigenvalue weighted by Gasteiger charge is 2.22. The quantitative estimate of drug-likeness (QED) is 0.283. The van der Waals surface area contributed by atoms with Gasteiger partial charge in [-0.25, -0.2) is 0 Å². The average molecular weight is 122 g/mol. The van der Waals surface area contributed by atoms with E-state index in [-0.39, 0.29) is 0 Å². The number of hydrogen-bond acceptors (Lipinski definition) is 5. The van der Waals surface area contributed by atoms with Gasteiger partial charge < -0.3 is 5.21 Å². The molecule has 1 aliphatic rings. The van der Waals surface area contributed by atoms with Gasteiger partial charge in [-0.1, -0.05) is 0 Å². The second-order valence-electron chi connectivity index (χ2n) is 0.866. The van der Waals surface area contributed by atoms with E-state index < -0.39 is 4.38 Å². The van der Waals surface area contributed by atoms with Crippen LogP contribution in [0.15, 0.2) is 4.40 Å². The first-order valence-electron chi connectivity index (χ1n) is 1.42. The first-order valence-corrected chi connectivity index (χ1v) is 2.15. The highest BCUT2D eigenvalue weighted by Crippen LogP contribution is 2.22. The van der Waals surface area contributed by atoms with Gasteiger partial charge in [-0.3, -0.25) is 4.84 Å². The van der Waals surface area contributed by atoms with Crippen molar-refractivity contribution in [2.45, 2.75) is 0 Å². The Morgan fingerprint density at radius 2 is 2.71 bits per heavy atom. The van der Waals surface area contributed by atoms with Crippen LogP contribution in [0.1, 0.15) is 0 Å². The van der Waals surface area contributed by atoms with Crippen LogP contribution in [-0.4, -0.2) is 16.0 Å². The Bertz CT molecular complexity index is 91.1. The highest BCUT2D eigenvalue weighted by atomic mass is 32.2. The van der Waals surface area contributed by atoms with Crippen LogP contribution in [0.5, 0.6) is 0 Å². The molecule has 0 saturated heterocycles. The zero-order chi connectivity index (χ0) is 5.33. The molecule has 0 saturated carbocycles. The molecule has 0 aromatic carbocycles. The number of rotatable bonds is 0. The van der Waals surface area contributed by atoms with Gasteiger partial charge in [0.2, 0.25) is 0 Å². The van der Waals surface area contributed by atoms with E-state index >= 15 is 0 Å². The lowest BCUT2D eigenvalue weighted by Crippen LogP contribution is -2.24. The smallest absolute Gasteiger partial charge is 0.313 e. The van der Waals surface area contributed by atoms with Crippen LogP contribution in [0.2, 0.25) is 0 Å². The SMILES string of the molecule is [O-][N+]1(O)OC=NS1. The molecule has 0 fully saturated rings. The van der Waals surface area contributed by atoms with Gasteiger partial charge in [0, 0.05) is 0 Å². The molecule has 1 N–H and O–H groups in total. The van der Waals surface area contributed by atoms with E-state index in [9.17, 15) is 5.21 Å². The van der Waals surface area contributed by atoms with Gasteiger partial charge >= 0.3 is 12.1 Å². The fraction of sp³-hybridized carbons (Fsp3) is 0. The summed E-state index contributed by atoms with van der Waals surface area (Å²) in [6.07, 6.45) is 0.887. The minimum Gasteiger partial charge on any atom is -0.541 e. The molecule has 0 amide bonds. The molecule has 0 aromatic heterocycles. The van der Waals surface area contributed by atoms with Crippen LogP contribution in [0.4, 0.5) is 0 Å². The van der Waals surface area contributed by atoms with Crippen LogP contribution < -0.4 is 0 Å². The van der Waals surface area contributed by atoms with Gasteiger partial charge in [0.15, 0.2) is 0 Å². The Morgan fingerprint density at radius 3 is 2.86 bits per heavy atom. The first-order chi connectivity index (χ1) is 3.21. The number of hydrogen-bond donors (Lipinski definition) is 1. The number of nitrogens with zero attached hydrogens (tertiary/aromatic N) is 2. The molecule has 1 rings (SSSR count). The van der Waals surface area contributed by atoms with Crippen molar-refractivity contribution in [1.82, 2.24) is 0 Å². The maximum Gasteiger partial charge on any atom is 0.313 e. The van der Waals surface area contributed by atoms with Crippen LogP contribution in [-0.2, 0) is 4.84 Å². The summed E-state index contributed by atoms with van der Waals surface area (Å²) >= 11 is 0.384. The molecular weight excluding hydrogens is 120 g/mol. The largest absolute Gasteiger partial charge is 0.541 e. The predicted molar refractivity (Wildman–Crippen MR) is 22.6 cm³/mol. The van der Waals surface area contributed by atoms with Gasteiger partial charge in [0.25, 0.3) is 6.40 Å². The fourth-order valence-corrected chi connectivity index (χ4v) is 0.450. The van der Waals surface area contributed by atoms with E-state index in [4.69, 9.17) is 5.21 Å². The van der Waals surface area contributed by atoms with Crippen LogP contribution in [0.3, 0.4) is 0 Å².